The first-order chi connectivity index (χ1) is 7.31. The zero-order valence-corrected chi connectivity index (χ0v) is 8.94. The second kappa shape index (κ2) is 4.34. The van der Waals surface area contributed by atoms with Gasteiger partial charge in [-0.05, 0) is 31.9 Å². The van der Waals surface area contributed by atoms with Gasteiger partial charge in [0.25, 0.3) is 0 Å². The van der Waals surface area contributed by atoms with E-state index in [9.17, 15) is 4.79 Å². The second-order valence-electron chi connectivity index (χ2n) is 3.80. The van der Waals surface area contributed by atoms with Gasteiger partial charge in [-0.3, -0.25) is 4.90 Å². The summed E-state index contributed by atoms with van der Waals surface area (Å²) in [7, 11) is 0. The van der Waals surface area contributed by atoms with Crippen LogP contribution in [0.2, 0.25) is 0 Å². The molecule has 0 spiro atoms. The molecule has 0 aliphatic heterocycles. The average molecular weight is 204 g/mol. The first-order valence-corrected chi connectivity index (χ1v) is 5.44. The third kappa shape index (κ3) is 2.49. The Bertz CT molecular complexity index is 333. The number of rotatable bonds is 3. The molecule has 3 nitrogen and oxygen atoms in total. The molecule has 1 N–H and O–H groups in total. The molecule has 1 aromatic rings. The molecule has 1 aromatic carbocycles. The Morgan fingerprint density at radius 2 is 2.07 bits per heavy atom. The smallest absolute Gasteiger partial charge is 0.322 e. The SMILES string of the molecule is CCN(C(=O)NC1CC1)c1ccccc1. The van der Waals surface area contributed by atoms with Gasteiger partial charge in [0, 0.05) is 18.3 Å². The molecule has 0 heterocycles. The Morgan fingerprint density at radius 1 is 1.40 bits per heavy atom. The molecule has 1 aliphatic carbocycles. The number of benzene rings is 1. The molecule has 3 heteroatoms. The predicted molar refractivity (Wildman–Crippen MR) is 61.0 cm³/mol. The first kappa shape index (κ1) is 10.0. The summed E-state index contributed by atoms with van der Waals surface area (Å²) in [6.07, 6.45) is 2.25. The monoisotopic (exact) mass is 204 g/mol. The standard InChI is InChI=1S/C12H16N2O/c1-2-14(11-6-4-3-5-7-11)12(15)13-10-8-9-10/h3-7,10H,2,8-9H2,1H3,(H,13,15). The Labute approximate surface area is 90.1 Å². The topological polar surface area (TPSA) is 32.3 Å². The fourth-order valence-electron chi connectivity index (χ4n) is 1.53. The highest BCUT2D eigenvalue weighted by Crippen LogP contribution is 2.20. The first-order valence-electron chi connectivity index (χ1n) is 5.44. The molecule has 1 saturated carbocycles. The van der Waals surface area contributed by atoms with Gasteiger partial charge in [0.2, 0.25) is 0 Å². The van der Waals surface area contributed by atoms with Crippen molar-refractivity contribution >= 4 is 11.7 Å². The fourth-order valence-corrected chi connectivity index (χ4v) is 1.53. The van der Waals surface area contributed by atoms with E-state index >= 15 is 0 Å². The second-order valence-corrected chi connectivity index (χ2v) is 3.80. The molecule has 0 atom stereocenters. The van der Waals surface area contributed by atoms with E-state index in [1.807, 2.05) is 37.3 Å². The van der Waals surface area contributed by atoms with Crippen molar-refractivity contribution < 1.29 is 4.79 Å². The average Bonchev–Trinajstić information content (AvgIpc) is 3.04. The number of nitrogens with zero attached hydrogens (tertiary/aromatic N) is 1. The molecule has 0 radical (unpaired) electrons. The maximum atomic E-state index is 11.8. The summed E-state index contributed by atoms with van der Waals surface area (Å²) in [6.45, 7) is 2.68. The Kier molecular flexibility index (Phi) is 2.90. The van der Waals surface area contributed by atoms with Crippen molar-refractivity contribution in [3.8, 4) is 0 Å². The number of anilines is 1. The minimum Gasteiger partial charge on any atom is -0.335 e. The zero-order chi connectivity index (χ0) is 10.7. The van der Waals surface area contributed by atoms with Crippen LogP contribution in [-0.2, 0) is 0 Å². The van der Waals surface area contributed by atoms with Gasteiger partial charge in [-0.25, -0.2) is 4.79 Å². The van der Waals surface area contributed by atoms with Crippen LogP contribution < -0.4 is 10.2 Å². The molecule has 1 aliphatic rings. The van der Waals surface area contributed by atoms with Gasteiger partial charge in [-0.2, -0.15) is 0 Å². The molecular formula is C12H16N2O. The summed E-state index contributed by atoms with van der Waals surface area (Å²) in [6, 6.07) is 10.2. The van der Waals surface area contributed by atoms with Crippen molar-refractivity contribution in [2.24, 2.45) is 0 Å². The number of para-hydroxylation sites is 1. The van der Waals surface area contributed by atoms with Crippen LogP contribution in [0.3, 0.4) is 0 Å². The normalized spacial score (nSPS) is 14.7. The summed E-state index contributed by atoms with van der Waals surface area (Å²) in [5.41, 5.74) is 0.957. The van der Waals surface area contributed by atoms with E-state index in [4.69, 9.17) is 0 Å². The van der Waals surface area contributed by atoms with Crippen molar-refractivity contribution in [2.75, 3.05) is 11.4 Å². The Hall–Kier alpha value is -1.51. The Morgan fingerprint density at radius 3 is 2.60 bits per heavy atom. The lowest BCUT2D eigenvalue weighted by atomic mass is 10.3. The van der Waals surface area contributed by atoms with Gasteiger partial charge in [-0.15, -0.1) is 0 Å². The third-order valence-corrected chi connectivity index (χ3v) is 2.53. The molecule has 15 heavy (non-hydrogen) atoms. The summed E-state index contributed by atoms with van der Waals surface area (Å²) in [4.78, 5) is 13.6. The van der Waals surface area contributed by atoms with Crippen LogP contribution in [-0.4, -0.2) is 18.6 Å². The van der Waals surface area contributed by atoms with Crippen LogP contribution in [0.25, 0.3) is 0 Å². The van der Waals surface area contributed by atoms with E-state index in [-0.39, 0.29) is 6.03 Å². The van der Waals surface area contributed by atoms with Crippen molar-refractivity contribution in [3.63, 3.8) is 0 Å². The lowest BCUT2D eigenvalue weighted by Crippen LogP contribution is -2.40. The number of amides is 2. The molecular weight excluding hydrogens is 188 g/mol. The molecule has 1 fully saturated rings. The van der Waals surface area contributed by atoms with E-state index in [1.165, 1.54) is 0 Å². The van der Waals surface area contributed by atoms with Gasteiger partial charge in [0.05, 0.1) is 0 Å². The predicted octanol–water partition coefficient (Wildman–Crippen LogP) is 2.38. The number of hydrogen-bond acceptors (Lipinski definition) is 1. The molecule has 0 saturated heterocycles. The van der Waals surface area contributed by atoms with Crippen LogP contribution in [0.1, 0.15) is 19.8 Å². The van der Waals surface area contributed by atoms with Crippen LogP contribution in [0.5, 0.6) is 0 Å². The van der Waals surface area contributed by atoms with Crippen molar-refractivity contribution in [1.29, 1.82) is 0 Å². The summed E-state index contributed by atoms with van der Waals surface area (Å²) < 4.78 is 0. The minimum atomic E-state index is 0.0196. The minimum absolute atomic E-state index is 0.0196. The van der Waals surface area contributed by atoms with Gasteiger partial charge in [0.1, 0.15) is 0 Å². The molecule has 2 amide bonds. The zero-order valence-electron chi connectivity index (χ0n) is 8.94. The van der Waals surface area contributed by atoms with Crippen LogP contribution >= 0.6 is 0 Å². The van der Waals surface area contributed by atoms with Crippen molar-refractivity contribution in [2.45, 2.75) is 25.8 Å². The maximum absolute atomic E-state index is 11.8. The van der Waals surface area contributed by atoms with Gasteiger partial charge in [0.15, 0.2) is 0 Å². The molecule has 80 valence electrons. The van der Waals surface area contributed by atoms with Crippen LogP contribution in [0.4, 0.5) is 10.5 Å². The summed E-state index contributed by atoms with van der Waals surface area (Å²) in [5, 5.41) is 2.99. The molecule has 0 unspecified atom stereocenters. The number of carbonyl (C=O) groups is 1. The van der Waals surface area contributed by atoms with Gasteiger partial charge < -0.3 is 5.32 Å². The lowest BCUT2D eigenvalue weighted by molar-refractivity contribution is 0.246. The van der Waals surface area contributed by atoms with Gasteiger partial charge >= 0.3 is 6.03 Å². The summed E-state index contributed by atoms with van der Waals surface area (Å²) >= 11 is 0. The quantitative estimate of drug-likeness (QED) is 0.805. The Balaban J connectivity index is 2.05. The highest BCUT2D eigenvalue weighted by molar-refractivity contribution is 5.92. The van der Waals surface area contributed by atoms with E-state index in [0.29, 0.717) is 12.6 Å². The third-order valence-electron chi connectivity index (χ3n) is 2.53. The van der Waals surface area contributed by atoms with E-state index in [2.05, 4.69) is 5.32 Å². The number of nitrogens with one attached hydrogen (secondary N) is 1. The van der Waals surface area contributed by atoms with Crippen molar-refractivity contribution in [1.82, 2.24) is 5.32 Å². The highest BCUT2D eigenvalue weighted by Gasteiger charge is 2.25. The number of hydrogen-bond donors (Lipinski definition) is 1. The van der Waals surface area contributed by atoms with Crippen LogP contribution in [0.15, 0.2) is 30.3 Å². The van der Waals surface area contributed by atoms with E-state index < -0.39 is 0 Å². The van der Waals surface area contributed by atoms with Gasteiger partial charge in [-0.1, -0.05) is 18.2 Å². The van der Waals surface area contributed by atoms with Crippen LogP contribution in [0, 0.1) is 0 Å². The van der Waals surface area contributed by atoms with E-state index in [0.717, 1.165) is 18.5 Å². The lowest BCUT2D eigenvalue weighted by Gasteiger charge is -2.21. The maximum Gasteiger partial charge on any atom is 0.322 e. The molecule has 0 aromatic heterocycles. The molecule has 0 bridgehead atoms. The largest absolute Gasteiger partial charge is 0.335 e. The summed E-state index contributed by atoms with van der Waals surface area (Å²) in [5.74, 6) is 0. The van der Waals surface area contributed by atoms with E-state index in [1.54, 1.807) is 4.90 Å². The number of urea groups is 1. The molecule has 2 rings (SSSR count). The number of carbonyl (C=O) groups excluding carboxylic acids is 1. The fraction of sp³-hybridized carbons (Fsp3) is 0.417. The highest BCUT2D eigenvalue weighted by atomic mass is 16.2. The van der Waals surface area contributed by atoms with Crippen molar-refractivity contribution in [3.05, 3.63) is 30.3 Å².